The highest BCUT2D eigenvalue weighted by Crippen LogP contribution is 2.21. The monoisotopic (exact) mass is 189 g/mol. The van der Waals surface area contributed by atoms with Crippen LogP contribution in [0.25, 0.3) is 10.4 Å². The Kier molecular flexibility index (Phi) is 3.07. The summed E-state index contributed by atoms with van der Waals surface area (Å²) >= 11 is 0. The fraction of sp³-hybridized carbons (Fsp3) is 1.00. The van der Waals surface area contributed by atoms with Crippen LogP contribution in [-0.2, 0) is 4.74 Å². The molecule has 5 atom stereocenters. The quantitative estimate of drug-likeness (QED) is 0.282. The predicted octanol–water partition coefficient (Wildman–Crippen LogP) is -0.876. The Balaban J connectivity index is 2.78. The van der Waals surface area contributed by atoms with Crippen molar-refractivity contribution in [2.45, 2.75) is 37.6 Å². The molecule has 0 aromatic heterocycles. The van der Waals surface area contributed by atoms with Gasteiger partial charge in [0.2, 0.25) is 0 Å². The van der Waals surface area contributed by atoms with Gasteiger partial charge >= 0.3 is 0 Å². The lowest BCUT2D eigenvalue weighted by Crippen LogP contribution is -2.55. The first-order valence-electron chi connectivity index (χ1n) is 3.81. The molecule has 1 saturated heterocycles. The molecule has 1 aliphatic heterocycles. The van der Waals surface area contributed by atoms with Crippen molar-refractivity contribution in [3.8, 4) is 0 Å². The minimum absolute atomic E-state index is 0.685. The van der Waals surface area contributed by atoms with Gasteiger partial charge in [-0.1, -0.05) is 5.11 Å². The highest BCUT2D eigenvalue weighted by Gasteiger charge is 2.41. The molecule has 1 unspecified atom stereocenters. The summed E-state index contributed by atoms with van der Waals surface area (Å²) in [6, 6.07) is -1.16. The summed E-state index contributed by atoms with van der Waals surface area (Å²) < 4.78 is 4.81. The van der Waals surface area contributed by atoms with Crippen LogP contribution < -0.4 is 0 Å². The van der Waals surface area contributed by atoms with Crippen molar-refractivity contribution in [2.75, 3.05) is 0 Å². The number of hydrogen-bond donors (Lipinski definition) is 3. The lowest BCUT2D eigenvalue weighted by atomic mass is 9.98. The molecule has 7 heteroatoms. The zero-order chi connectivity index (χ0) is 10.0. The summed E-state index contributed by atoms with van der Waals surface area (Å²) in [5.41, 5.74) is 8.11. The van der Waals surface area contributed by atoms with Crippen molar-refractivity contribution in [1.29, 1.82) is 0 Å². The maximum atomic E-state index is 9.35. The van der Waals surface area contributed by atoms with Gasteiger partial charge in [0.15, 0.2) is 6.29 Å². The minimum Gasteiger partial charge on any atom is -0.390 e. The van der Waals surface area contributed by atoms with E-state index in [4.69, 9.17) is 10.3 Å². The van der Waals surface area contributed by atoms with Gasteiger partial charge in [0.1, 0.15) is 12.1 Å². The highest BCUT2D eigenvalue weighted by molar-refractivity contribution is 4.91. The zero-order valence-electron chi connectivity index (χ0n) is 6.98. The zero-order valence-corrected chi connectivity index (χ0v) is 6.98. The molecule has 1 fully saturated rings. The van der Waals surface area contributed by atoms with Gasteiger partial charge in [0.05, 0.1) is 12.2 Å². The third-order valence-electron chi connectivity index (χ3n) is 2.01. The summed E-state index contributed by atoms with van der Waals surface area (Å²) in [6.07, 6.45) is -4.51. The van der Waals surface area contributed by atoms with E-state index in [1.54, 1.807) is 0 Å². The van der Waals surface area contributed by atoms with Gasteiger partial charge in [0.25, 0.3) is 0 Å². The molecular weight excluding hydrogens is 178 g/mol. The topological polar surface area (TPSA) is 119 Å². The Hall–Kier alpha value is -0.850. The molecule has 1 heterocycles. The lowest BCUT2D eigenvalue weighted by molar-refractivity contribution is -0.236. The second-order valence-corrected chi connectivity index (χ2v) is 2.91. The standard InChI is InChI=1S/C6H11N3O4/c1-2-4(10)5(11)3(8-9-7)6(12)13-2/h2-6,10-12H,1H3/t2-,3+,4-,5-,6?/m0/s1. The van der Waals surface area contributed by atoms with Crippen LogP contribution in [0, 0.1) is 0 Å². The highest BCUT2D eigenvalue weighted by atomic mass is 16.6. The van der Waals surface area contributed by atoms with E-state index < -0.39 is 30.6 Å². The Bertz CT molecular complexity index is 230. The second kappa shape index (κ2) is 3.91. The Labute approximate surface area is 74.2 Å². The number of azide groups is 1. The number of hydrogen-bond acceptors (Lipinski definition) is 5. The van der Waals surface area contributed by atoms with Crippen LogP contribution in [0.4, 0.5) is 0 Å². The lowest BCUT2D eigenvalue weighted by Gasteiger charge is -2.37. The second-order valence-electron chi connectivity index (χ2n) is 2.91. The van der Waals surface area contributed by atoms with E-state index >= 15 is 0 Å². The number of nitrogens with zero attached hydrogens (tertiary/aromatic N) is 3. The molecule has 0 aromatic rings. The van der Waals surface area contributed by atoms with Crippen LogP contribution in [0.3, 0.4) is 0 Å². The maximum absolute atomic E-state index is 9.35. The van der Waals surface area contributed by atoms with Crippen LogP contribution >= 0.6 is 0 Å². The van der Waals surface area contributed by atoms with Crippen LogP contribution in [0.5, 0.6) is 0 Å². The first-order chi connectivity index (χ1) is 6.07. The fourth-order valence-corrected chi connectivity index (χ4v) is 1.21. The summed E-state index contributed by atoms with van der Waals surface area (Å²) in [4.78, 5) is 2.43. The Morgan fingerprint density at radius 2 is 1.92 bits per heavy atom. The largest absolute Gasteiger partial charge is 0.390 e. The normalized spacial score (nSPS) is 45.4. The van der Waals surface area contributed by atoms with E-state index in [2.05, 4.69) is 10.0 Å². The molecule has 0 aliphatic carbocycles. The summed E-state index contributed by atoms with van der Waals surface area (Å²) in [6.45, 7) is 1.50. The number of aliphatic hydroxyl groups excluding tert-OH is 3. The molecule has 1 rings (SSSR count). The van der Waals surface area contributed by atoms with Gasteiger partial charge in [-0.3, -0.25) is 0 Å². The van der Waals surface area contributed by atoms with Crippen LogP contribution in [-0.4, -0.2) is 46.0 Å². The fourth-order valence-electron chi connectivity index (χ4n) is 1.21. The van der Waals surface area contributed by atoms with E-state index in [0.29, 0.717) is 0 Å². The number of rotatable bonds is 1. The SMILES string of the molecule is C[C@@H]1OC(O)[C@H](N=[N+]=[N-])[C@H](O)[C@H]1O. The molecular formula is C6H11N3O4. The molecule has 7 nitrogen and oxygen atoms in total. The predicted molar refractivity (Wildman–Crippen MR) is 41.5 cm³/mol. The summed E-state index contributed by atoms with van der Waals surface area (Å²) in [5, 5.41) is 31.0. The first-order valence-corrected chi connectivity index (χ1v) is 3.81. The number of ether oxygens (including phenoxy) is 1. The van der Waals surface area contributed by atoms with Crippen molar-refractivity contribution in [2.24, 2.45) is 5.11 Å². The summed E-state index contributed by atoms with van der Waals surface area (Å²) in [5.74, 6) is 0. The molecule has 0 amide bonds. The molecule has 13 heavy (non-hydrogen) atoms. The molecule has 3 N–H and O–H groups in total. The van der Waals surface area contributed by atoms with Crippen molar-refractivity contribution >= 4 is 0 Å². The van der Waals surface area contributed by atoms with Crippen LogP contribution in [0.2, 0.25) is 0 Å². The third kappa shape index (κ3) is 1.90. The average Bonchev–Trinajstić information content (AvgIpc) is 2.09. The van der Waals surface area contributed by atoms with Crippen molar-refractivity contribution < 1.29 is 20.1 Å². The smallest absolute Gasteiger partial charge is 0.166 e. The van der Waals surface area contributed by atoms with Crippen LogP contribution in [0.1, 0.15) is 6.92 Å². The molecule has 0 spiro atoms. The van der Waals surface area contributed by atoms with Gasteiger partial charge in [-0.2, -0.15) is 0 Å². The van der Waals surface area contributed by atoms with Crippen molar-refractivity contribution in [3.63, 3.8) is 0 Å². The number of aliphatic hydroxyl groups is 3. The van der Waals surface area contributed by atoms with Crippen molar-refractivity contribution in [3.05, 3.63) is 10.4 Å². The molecule has 0 bridgehead atoms. The molecule has 1 aliphatic rings. The van der Waals surface area contributed by atoms with Crippen LogP contribution in [0.15, 0.2) is 5.11 Å². The van der Waals surface area contributed by atoms with E-state index in [9.17, 15) is 15.3 Å². The van der Waals surface area contributed by atoms with Gasteiger partial charge in [0, 0.05) is 4.91 Å². The molecule has 0 saturated carbocycles. The molecule has 0 aromatic carbocycles. The third-order valence-corrected chi connectivity index (χ3v) is 2.01. The Morgan fingerprint density at radius 1 is 1.31 bits per heavy atom. The minimum atomic E-state index is -1.37. The Morgan fingerprint density at radius 3 is 2.46 bits per heavy atom. The van der Waals surface area contributed by atoms with E-state index in [1.807, 2.05) is 0 Å². The van der Waals surface area contributed by atoms with E-state index in [0.717, 1.165) is 0 Å². The maximum Gasteiger partial charge on any atom is 0.166 e. The summed E-state index contributed by atoms with van der Waals surface area (Å²) in [7, 11) is 0. The van der Waals surface area contributed by atoms with E-state index in [1.165, 1.54) is 6.92 Å². The van der Waals surface area contributed by atoms with Crippen molar-refractivity contribution in [1.82, 2.24) is 0 Å². The average molecular weight is 189 g/mol. The van der Waals surface area contributed by atoms with E-state index in [-0.39, 0.29) is 0 Å². The van der Waals surface area contributed by atoms with Gasteiger partial charge in [-0.05, 0) is 12.5 Å². The molecule has 0 radical (unpaired) electrons. The van der Waals surface area contributed by atoms with Gasteiger partial charge in [-0.15, -0.1) is 0 Å². The van der Waals surface area contributed by atoms with Gasteiger partial charge < -0.3 is 20.1 Å². The first kappa shape index (κ1) is 10.2. The van der Waals surface area contributed by atoms with Gasteiger partial charge in [-0.25, -0.2) is 0 Å². The molecule has 74 valence electrons.